The molecule has 4 heterocycles. The first-order valence-corrected chi connectivity index (χ1v) is 8.12. The van der Waals surface area contributed by atoms with Gasteiger partial charge in [0, 0.05) is 51.8 Å². The second kappa shape index (κ2) is 5.77. The lowest BCUT2D eigenvalue weighted by Crippen LogP contribution is -2.45. The molecule has 0 bridgehead atoms. The van der Waals surface area contributed by atoms with Crippen LogP contribution in [0.25, 0.3) is 0 Å². The number of likely N-dealkylation sites (tertiary alicyclic amines) is 1. The molecule has 1 amide bonds. The monoisotopic (exact) mass is 311 g/mol. The van der Waals surface area contributed by atoms with Crippen LogP contribution < -0.4 is 4.90 Å². The van der Waals surface area contributed by atoms with E-state index in [4.69, 9.17) is 0 Å². The van der Waals surface area contributed by atoms with Gasteiger partial charge in [0.1, 0.15) is 0 Å². The van der Waals surface area contributed by atoms with Gasteiger partial charge in [0.25, 0.3) is 0 Å². The van der Waals surface area contributed by atoms with Gasteiger partial charge < -0.3 is 4.90 Å². The van der Waals surface area contributed by atoms with Crippen molar-refractivity contribution in [2.24, 2.45) is 18.9 Å². The van der Waals surface area contributed by atoms with Crippen LogP contribution >= 0.6 is 0 Å². The number of rotatable bonds is 3. The number of aryl methyl sites for hydroxylation is 1. The number of pyridine rings is 1. The van der Waals surface area contributed by atoms with Crippen molar-refractivity contribution in [2.45, 2.75) is 13.0 Å². The van der Waals surface area contributed by atoms with Crippen LogP contribution in [0.3, 0.4) is 0 Å². The summed E-state index contributed by atoms with van der Waals surface area (Å²) in [6.45, 7) is 3.52. The number of carbonyl (C=O) groups excluding carboxylic acids is 1. The van der Waals surface area contributed by atoms with Gasteiger partial charge >= 0.3 is 0 Å². The van der Waals surface area contributed by atoms with Crippen molar-refractivity contribution < 1.29 is 4.79 Å². The molecule has 0 radical (unpaired) electrons. The lowest BCUT2D eigenvalue weighted by molar-refractivity contribution is -0.124. The van der Waals surface area contributed by atoms with Crippen LogP contribution in [0.4, 0.5) is 5.69 Å². The van der Waals surface area contributed by atoms with Gasteiger partial charge in [-0.3, -0.25) is 19.4 Å². The minimum Gasteiger partial charge on any atom is -0.309 e. The maximum absolute atomic E-state index is 12.9. The number of fused-ring (bicyclic) bond motifs is 1. The highest BCUT2D eigenvalue weighted by Gasteiger charge is 2.43. The molecular weight excluding hydrogens is 290 g/mol. The molecule has 2 saturated heterocycles. The normalized spacial score (nSPS) is 24.9. The van der Waals surface area contributed by atoms with Crippen molar-refractivity contribution >= 4 is 11.6 Å². The largest absolute Gasteiger partial charge is 0.309 e. The van der Waals surface area contributed by atoms with Crippen LogP contribution in [0.15, 0.2) is 36.9 Å². The summed E-state index contributed by atoms with van der Waals surface area (Å²) in [5.74, 6) is 0.843. The highest BCUT2D eigenvalue weighted by Crippen LogP contribution is 2.34. The maximum atomic E-state index is 12.9. The van der Waals surface area contributed by atoms with Crippen LogP contribution in [0.5, 0.6) is 0 Å². The number of aromatic nitrogens is 3. The smallest absolute Gasteiger partial charge is 0.231 e. The van der Waals surface area contributed by atoms with E-state index < -0.39 is 0 Å². The Balaban J connectivity index is 1.46. The molecule has 0 N–H and O–H groups in total. The van der Waals surface area contributed by atoms with E-state index in [-0.39, 0.29) is 11.8 Å². The minimum atomic E-state index is 0.112. The summed E-state index contributed by atoms with van der Waals surface area (Å²) in [6.07, 6.45) is 8.46. The van der Waals surface area contributed by atoms with E-state index in [9.17, 15) is 4.79 Å². The fourth-order valence-electron chi connectivity index (χ4n) is 3.82. The molecule has 4 rings (SSSR count). The van der Waals surface area contributed by atoms with E-state index in [1.165, 1.54) is 5.56 Å². The maximum Gasteiger partial charge on any atom is 0.231 e. The second-order valence-corrected chi connectivity index (χ2v) is 6.57. The van der Waals surface area contributed by atoms with E-state index in [0.29, 0.717) is 5.92 Å². The molecule has 2 aromatic heterocycles. The lowest BCUT2D eigenvalue weighted by Gasteiger charge is -2.32. The Bertz CT molecular complexity index is 698. The molecule has 6 heteroatoms. The number of hydrogen-bond donors (Lipinski definition) is 0. The molecular formula is C17H21N5O. The topological polar surface area (TPSA) is 54.3 Å². The van der Waals surface area contributed by atoms with Gasteiger partial charge in [-0.25, -0.2) is 0 Å². The molecule has 2 fully saturated rings. The molecule has 120 valence electrons. The van der Waals surface area contributed by atoms with Crippen molar-refractivity contribution in [3.05, 3.63) is 42.5 Å². The number of hydrogen-bond acceptors (Lipinski definition) is 4. The Morgan fingerprint density at radius 2 is 2.22 bits per heavy atom. The van der Waals surface area contributed by atoms with Gasteiger partial charge in [0.05, 0.1) is 17.8 Å². The van der Waals surface area contributed by atoms with Gasteiger partial charge in [-0.15, -0.1) is 0 Å². The van der Waals surface area contributed by atoms with Crippen molar-refractivity contribution in [3.8, 4) is 0 Å². The van der Waals surface area contributed by atoms with E-state index in [1.54, 1.807) is 17.1 Å². The van der Waals surface area contributed by atoms with E-state index in [1.807, 2.05) is 30.4 Å². The van der Waals surface area contributed by atoms with Crippen molar-refractivity contribution in [3.63, 3.8) is 0 Å². The van der Waals surface area contributed by atoms with Crippen LogP contribution in [-0.2, 0) is 18.4 Å². The van der Waals surface area contributed by atoms with E-state index in [0.717, 1.165) is 38.3 Å². The van der Waals surface area contributed by atoms with Gasteiger partial charge in [-0.2, -0.15) is 5.10 Å². The number of anilines is 1. The summed E-state index contributed by atoms with van der Waals surface area (Å²) in [5, 5.41) is 4.19. The van der Waals surface area contributed by atoms with Crippen LogP contribution in [-0.4, -0.2) is 45.2 Å². The second-order valence-electron chi connectivity index (χ2n) is 6.57. The van der Waals surface area contributed by atoms with E-state index in [2.05, 4.69) is 21.0 Å². The first kappa shape index (κ1) is 14.4. The Morgan fingerprint density at radius 3 is 2.96 bits per heavy atom. The quantitative estimate of drug-likeness (QED) is 0.857. The zero-order valence-corrected chi connectivity index (χ0v) is 13.3. The molecule has 2 unspecified atom stereocenters. The molecule has 0 aliphatic carbocycles. The van der Waals surface area contributed by atoms with Crippen molar-refractivity contribution in [2.75, 3.05) is 24.5 Å². The standard InChI is InChI=1S/C17H21N5O/c1-20-11-15(8-19-20)22-6-4-14-10-21(12-16(14)17(22)23)9-13-3-2-5-18-7-13/h2-3,5,7-8,11,14,16H,4,6,9-10,12H2,1H3. The summed E-state index contributed by atoms with van der Waals surface area (Å²) in [4.78, 5) is 21.3. The molecule has 2 atom stereocenters. The third-order valence-corrected chi connectivity index (χ3v) is 4.96. The number of carbonyl (C=O) groups is 1. The Labute approximate surface area is 135 Å². The fraction of sp³-hybridized carbons (Fsp3) is 0.471. The van der Waals surface area contributed by atoms with Gasteiger partial charge in [0.2, 0.25) is 5.91 Å². The predicted octanol–water partition coefficient (Wildman–Crippen LogP) is 1.30. The van der Waals surface area contributed by atoms with Crippen LogP contribution in [0.2, 0.25) is 0 Å². The van der Waals surface area contributed by atoms with Crippen molar-refractivity contribution in [1.82, 2.24) is 19.7 Å². The molecule has 2 aromatic rings. The summed E-state index contributed by atoms with van der Waals surface area (Å²) in [7, 11) is 1.88. The molecule has 2 aliphatic heterocycles. The average Bonchev–Trinajstić information content (AvgIpc) is 3.15. The fourth-order valence-corrected chi connectivity index (χ4v) is 3.82. The van der Waals surface area contributed by atoms with E-state index >= 15 is 0 Å². The number of nitrogens with zero attached hydrogens (tertiary/aromatic N) is 5. The minimum absolute atomic E-state index is 0.112. The zero-order valence-electron chi connectivity index (χ0n) is 13.3. The van der Waals surface area contributed by atoms with Gasteiger partial charge in [-0.05, 0) is 24.0 Å². The average molecular weight is 311 g/mol. The third-order valence-electron chi connectivity index (χ3n) is 4.96. The van der Waals surface area contributed by atoms with Gasteiger partial charge in [0.15, 0.2) is 0 Å². The Morgan fingerprint density at radius 1 is 1.30 bits per heavy atom. The highest BCUT2D eigenvalue weighted by atomic mass is 16.2. The first-order chi connectivity index (χ1) is 11.2. The SMILES string of the molecule is Cn1cc(N2CCC3CN(Cc4cccnc4)CC3C2=O)cn1. The predicted molar refractivity (Wildman–Crippen MR) is 86.7 cm³/mol. The molecule has 2 aliphatic rings. The zero-order chi connectivity index (χ0) is 15.8. The number of amides is 1. The summed E-state index contributed by atoms with van der Waals surface area (Å²) < 4.78 is 1.75. The molecule has 0 spiro atoms. The van der Waals surface area contributed by atoms with Crippen LogP contribution in [0, 0.1) is 11.8 Å². The van der Waals surface area contributed by atoms with Crippen molar-refractivity contribution in [1.29, 1.82) is 0 Å². The number of piperidine rings is 1. The summed E-state index contributed by atoms with van der Waals surface area (Å²) in [5.41, 5.74) is 2.13. The molecule has 23 heavy (non-hydrogen) atoms. The highest BCUT2D eigenvalue weighted by molar-refractivity contribution is 5.96. The third kappa shape index (κ3) is 2.74. The lowest BCUT2D eigenvalue weighted by atomic mass is 9.88. The van der Waals surface area contributed by atoms with Crippen LogP contribution in [0.1, 0.15) is 12.0 Å². The summed E-state index contributed by atoms with van der Waals surface area (Å²) >= 11 is 0. The first-order valence-electron chi connectivity index (χ1n) is 8.12. The molecule has 0 aromatic carbocycles. The van der Waals surface area contributed by atoms with Gasteiger partial charge in [-0.1, -0.05) is 6.07 Å². The summed E-state index contributed by atoms with van der Waals surface area (Å²) in [6, 6.07) is 4.06. The molecule has 0 saturated carbocycles. The Kier molecular flexibility index (Phi) is 3.61. The molecule has 6 nitrogen and oxygen atoms in total. The Hall–Kier alpha value is -2.21.